The van der Waals surface area contributed by atoms with Crippen LogP contribution in [-0.4, -0.2) is 24.1 Å². The van der Waals surface area contributed by atoms with Crippen LogP contribution in [0.5, 0.6) is 11.5 Å². The van der Waals surface area contributed by atoms with Crippen molar-refractivity contribution in [3.63, 3.8) is 0 Å². The molecule has 122 valence electrons. The van der Waals surface area contributed by atoms with Gasteiger partial charge in [-0.1, -0.05) is 6.07 Å². The number of pyridine rings is 1. The van der Waals surface area contributed by atoms with E-state index in [-0.39, 0.29) is 24.4 Å². The highest BCUT2D eigenvalue weighted by Gasteiger charge is 2.16. The van der Waals surface area contributed by atoms with Crippen molar-refractivity contribution in [3.05, 3.63) is 47.8 Å². The van der Waals surface area contributed by atoms with E-state index in [9.17, 15) is 4.79 Å². The van der Waals surface area contributed by atoms with Gasteiger partial charge in [-0.25, -0.2) is 4.98 Å². The Balaban J connectivity index is 0.00000192. The van der Waals surface area contributed by atoms with Crippen LogP contribution in [-0.2, 0) is 0 Å². The second kappa shape index (κ2) is 7.19. The maximum atomic E-state index is 12.2. The molecule has 1 atom stereocenters. The molecule has 0 aliphatic carbocycles. The number of ether oxygens (including phenoxy) is 2. The molecule has 3 rings (SSSR count). The van der Waals surface area contributed by atoms with Gasteiger partial charge < -0.3 is 20.5 Å². The summed E-state index contributed by atoms with van der Waals surface area (Å²) >= 11 is 0. The Morgan fingerprint density at radius 3 is 2.65 bits per heavy atom. The van der Waals surface area contributed by atoms with Gasteiger partial charge in [0, 0.05) is 0 Å². The molecule has 3 N–H and O–H groups in total. The van der Waals surface area contributed by atoms with Crippen molar-refractivity contribution < 1.29 is 14.3 Å². The monoisotopic (exact) mass is 335 g/mol. The highest BCUT2D eigenvalue weighted by atomic mass is 35.5. The highest BCUT2D eigenvalue weighted by Crippen LogP contribution is 2.32. The minimum Gasteiger partial charge on any atom is -0.486 e. The molecule has 1 amide bonds. The van der Waals surface area contributed by atoms with E-state index in [1.54, 1.807) is 12.1 Å². The van der Waals surface area contributed by atoms with Crippen molar-refractivity contribution in [1.82, 2.24) is 10.3 Å². The third-order valence-corrected chi connectivity index (χ3v) is 3.43. The summed E-state index contributed by atoms with van der Waals surface area (Å²) in [6.45, 7) is 2.99. The fourth-order valence-corrected chi connectivity index (χ4v) is 2.22. The van der Waals surface area contributed by atoms with E-state index in [0.29, 0.717) is 30.3 Å². The van der Waals surface area contributed by atoms with Crippen molar-refractivity contribution in [2.45, 2.75) is 13.0 Å². The number of nitrogens with one attached hydrogen (secondary N) is 1. The van der Waals surface area contributed by atoms with Gasteiger partial charge in [0.15, 0.2) is 11.5 Å². The van der Waals surface area contributed by atoms with Gasteiger partial charge in [-0.05, 0) is 36.8 Å². The molecule has 7 heteroatoms. The SMILES string of the molecule is CC(NC(=O)c1ccc(N)cn1)c1ccc2c(c1)OCCO2.Cl. The highest BCUT2D eigenvalue weighted by molar-refractivity contribution is 5.92. The molecule has 1 unspecified atom stereocenters. The van der Waals surface area contributed by atoms with Crippen molar-refractivity contribution >= 4 is 24.0 Å². The summed E-state index contributed by atoms with van der Waals surface area (Å²) in [4.78, 5) is 16.2. The minimum atomic E-state index is -0.248. The van der Waals surface area contributed by atoms with E-state index in [1.807, 2.05) is 25.1 Å². The molecule has 1 aromatic carbocycles. The first-order valence-corrected chi connectivity index (χ1v) is 7.05. The first kappa shape index (κ1) is 16.9. The minimum absolute atomic E-state index is 0. The van der Waals surface area contributed by atoms with E-state index in [1.165, 1.54) is 6.20 Å². The zero-order chi connectivity index (χ0) is 15.5. The number of halogens is 1. The lowest BCUT2D eigenvalue weighted by Gasteiger charge is -2.21. The van der Waals surface area contributed by atoms with Gasteiger partial charge >= 0.3 is 0 Å². The molecule has 0 bridgehead atoms. The van der Waals surface area contributed by atoms with Gasteiger partial charge in [0.2, 0.25) is 0 Å². The van der Waals surface area contributed by atoms with Crippen LogP contribution in [0, 0.1) is 0 Å². The van der Waals surface area contributed by atoms with Gasteiger partial charge in [0.05, 0.1) is 17.9 Å². The van der Waals surface area contributed by atoms with Crippen LogP contribution in [0.25, 0.3) is 0 Å². The van der Waals surface area contributed by atoms with Gasteiger partial charge in [-0.15, -0.1) is 12.4 Å². The molecule has 1 aromatic heterocycles. The number of nitrogens with zero attached hydrogens (tertiary/aromatic N) is 1. The lowest BCUT2D eigenvalue weighted by molar-refractivity contribution is 0.0934. The Labute approximate surface area is 140 Å². The van der Waals surface area contributed by atoms with Crippen LogP contribution in [0.4, 0.5) is 5.69 Å². The Morgan fingerprint density at radius 1 is 1.22 bits per heavy atom. The van der Waals surface area contributed by atoms with Crippen LogP contribution >= 0.6 is 12.4 Å². The summed E-state index contributed by atoms with van der Waals surface area (Å²) in [5, 5.41) is 2.90. The number of rotatable bonds is 3. The standard InChI is InChI=1S/C16H17N3O3.ClH/c1-10(19-16(20)13-4-3-12(17)9-18-13)11-2-5-14-15(8-11)22-7-6-21-14;/h2-5,8-10H,6-7,17H2,1H3,(H,19,20);1H. The number of nitrogen functional groups attached to an aromatic ring is 1. The molecule has 2 aromatic rings. The van der Waals surface area contributed by atoms with Crippen molar-refractivity contribution in [2.24, 2.45) is 0 Å². The van der Waals surface area contributed by atoms with E-state index in [2.05, 4.69) is 10.3 Å². The molecule has 0 saturated heterocycles. The summed E-state index contributed by atoms with van der Waals surface area (Å²) in [6, 6.07) is 8.72. The topological polar surface area (TPSA) is 86.5 Å². The maximum absolute atomic E-state index is 12.2. The second-order valence-electron chi connectivity index (χ2n) is 5.08. The number of hydrogen-bond donors (Lipinski definition) is 2. The molecular weight excluding hydrogens is 318 g/mol. The Kier molecular flexibility index (Phi) is 5.28. The summed E-state index contributed by atoms with van der Waals surface area (Å²) < 4.78 is 11.0. The molecule has 2 heterocycles. The molecule has 0 saturated carbocycles. The first-order valence-electron chi connectivity index (χ1n) is 7.05. The Bertz CT molecular complexity index is 691. The molecular formula is C16H18ClN3O3. The summed E-state index contributed by atoms with van der Waals surface area (Å²) in [5.41, 5.74) is 7.36. The van der Waals surface area contributed by atoms with Crippen LogP contribution in [0.1, 0.15) is 29.0 Å². The van der Waals surface area contributed by atoms with Crippen LogP contribution in [0.3, 0.4) is 0 Å². The van der Waals surface area contributed by atoms with Crippen LogP contribution in [0.2, 0.25) is 0 Å². The lowest BCUT2D eigenvalue weighted by atomic mass is 10.1. The largest absolute Gasteiger partial charge is 0.486 e. The van der Waals surface area contributed by atoms with E-state index >= 15 is 0 Å². The Morgan fingerprint density at radius 2 is 1.96 bits per heavy atom. The normalized spacial score (nSPS) is 13.6. The fraction of sp³-hybridized carbons (Fsp3) is 0.250. The zero-order valence-corrected chi connectivity index (χ0v) is 13.4. The first-order chi connectivity index (χ1) is 10.6. The number of benzene rings is 1. The average molecular weight is 336 g/mol. The van der Waals surface area contributed by atoms with Crippen molar-refractivity contribution in [3.8, 4) is 11.5 Å². The van der Waals surface area contributed by atoms with E-state index in [4.69, 9.17) is 15.2 Å². The van der Waals surface area contributed by atoms with E-state index in [0.717, 1.165) is 11.3 Å². The molecule has 0 fully saturated rings. The van der Waals surface area contributed by atoms with Crippen LogP contribution < -0.4 is 20.5 Å². The number of nitrogens with two attached hydrogens (primary N) is 1. The number of carbonyl (C=O) groups is 1. The summed E-state index contributed by atoms with van der Waals surface area (Å²) in [7, 11) is 0. The van der Waals surface area contributed by atoms with Gasteiger partial charge in [0.1, 0.15) is 18.9 Å². The predicted octanol–water partition coefficient (Wildman–Crippen LogP) is 2.35. The zero-order valence-electron chi connectivity index (χ0n) is 12.6. The van der Waals surface area contributed by atoms with Crippen molar-refractivity contribution in [2.75, 3.05) is 18.9 Å². The second-order valence-corrected chi connectivity index (χ2v) is 5.08. The number of fused-ring (bicyclic) bond motifs is 1. The molecule has 1 aliphatic heterocycles. The van der Waals surface area contributed by atoms with E-state index < -0.39 is 0 Å². The van der Waals surface area contributed by atoms with Gasteiger partial charge in [0.25, 0.3) is 5.91 Å². The number of hydrogen-bond acceptors (Lipinski definition) is 5. The smallest absolute Gasteiger partial charge is 0.270 e. The third-order valence-electron chi connectivity index (χ3n) is 3.43. The number of aromatic nitrogens is 1. The number of carbonyl (C=O) groups excluding carboxylic acids is 1. The van der Waals surface area contributed by atoms with Crippen molar-refractivity contribution in [1.29, 1.82) is 0 Å². The molecule has 6 nitrogen and oxygen atoms in total. The quantitative estimate of drug-likeness (QED) is 0.899. The molecule has 0 spiro atoms. The average Bonchev–Trinajstić information content (AvgIpc) is 2.55. The number of amides is 1. The third kappa shape index (κ3) is 3.84. The van der Waals surface area contributed by atoms with Gasteiger partial charge in [-0.2, -0.15) is 0 Å². The van der Waals surface area contributed by atoms with Crippen LogP contribution in [0.15, 0.2) is 36.5 Å². The predicted molar refractivity (Wildman–Crippen MR) is 89.2 cm³/mol. The fourth-order valence-electron chi connectivity index (χ4n) is 2.22. The van der Waals surface area contributed by atoms with Gasteiger partial charge in [-0.3, -0.25) is 4.79 Å². The molecule has 0 radical (unpaired) electrons. The molecule has 1 aliphatic rings. The number of anilines is 1. The maximum Gasteiger partial charge on any atom is 0.270 e. The molecule has 23 heavy (non-hydrogen) atoms. The lowest BCUT2D eigenvalue weighted by Crippen LogP contribution is -2.27. The summed E-state index contributed by atoms with van der Waals surface area (Å²) in [6.07, 6.45) is 1.46. The summed E-state index contributed by atoms with van der Waals surface area (Å²) in [5.74, 6) is 1.19. The Hall–Kier alpha value is -2.47.